The molecule has 1 N–H and O–H groups in total. The van der Waals surface area contributed by atoms with Crippen LogP contribution >= 0.6 is 24.0 Å². The van der Waals surface area contributed by atoms with Crippen LogP contribution in [-0.2, 0) is 10.2 Å². The minimum atomic E-state index is -0.0398. The van der Waals surface area contributed by atoms with Crippen molar-refractivity contribution < 1.29 is 9.53 Å². The molecule has 28 heavy (non-hydrogen) atoms. The van der Waals surface area contributed by atoms with Crippen LogP contribution in [0.3, 0.4) is 0 Å². The minimum absolute atomic E-state index is 0. The number of nitrogens with zero attached hydrogens (tertiary/aromatic N) is 1. The molecule has 3 aliphatic rings. The zero-order valence-corrected chi connectivity index (χ0v) is 17.1. The van der Waals surface area contributed by atoms with Crippen LogP contribution in [0.2, 0.25) is 5.02 Å². The average Bonchev–Trinajstić information content (AvgIpc) is 3.43. The Balaban J connectivity index is 0.00000192. The number of rotatable bonds is 2. The molecule has 1 aliphatic carbocycles. The molecule has 0 bridgehead atoms. The molecule has 3 unspecified atom stereocenters. The fourth-order valence-corrected chi connectivity index (χ4v) is 5.14. The van der Waals surface area contributed by atoms with E-state index in [4.69, 9.17) is 16.3 Å². The predicted molar refractivity (Wildman–Crippen MR) is 112 cm³/mol. The Labute approximate surface area is 176 Å². The quantitative estimate of drug-likeness (QED) is 0.801. The van der Waals surface area contributed by atoms with Gasteiger partial charge in [0, 0.05) is 41.6 Å². The van der Waals surface area contributed by atoms with Crippen molar-refractivity contribution in [2.75, 3.05) is 26.2 Å². The van der Waals surface area contributed by atoms with Gasteiger partial charge in [-0.3, -0.25) is 4.79 Å². The highest BCUT2D eigenvalue weighted by atomic mass is 35.5. The summed E-state index contributed by atoms with van der Waals surface area (Å²) in [4.78, 5) is 15.6. The molecule has 2 aromatic rings. The van der Waals surface area contributed by atoms with Crippen LogP contribution in [0, 0.1) is 5.92 Å². The van der Waals surface area contributed by atoms with E-state index in [0.29, 0.717) is 6.61 Å². The zero-order chi connectivity index (χ0) is 18.4. The lowest BCUT2D eigenvalue weighted by atomic mass is 9.87. The molecule has 2 aliphatic heterocycles. The normalized spacial score (nSPS) is 28.1. The summed E-state index contributed by atoms with van der Waals surface area (Å²) >= 11 is 6.45. The Morgan fingerprint density at radius 1 is 1.18 bits per heavy atom. The molecule has 1 spiro atoms. The van der Waals surface area contributed by atoms with Crippen LogP contribution in [-0.4, -0.2) is 37.0 Å². The summed E-state index contributed by atoms with van der Waals surface area (Å²) in [6.45, 7) is 2.98. The summed E-state index contributed by atoms with van der Waals surface area (Å²) in [6.07, 6.45) is 1.84. The molecular weight excluding hydrogens is 395 g/mol. The highest BCUT2D eigenvalue weighted by molar-refractivity contribution is 6.31. The third kappa shape index (κ3) is 3.08. The highest BCUT2D eigenvalue weighted by Gasteiger charge is 2.62. The molecule has 1 saturated carbocycles. The molecule has 0 radical (unpaired) electrons. The van der Waals surface area contributed by atoms with Gasteiger partial charge in [0.25, 0.3) is 0 Å². The Bertz CT molecular complexity index is 890. The highest BCUT2D eigenvalue weighted by Crippen LogP contribution is 2.61. The lowest BCUT2D eigenvalue weighted by molar-refractivity contribution is -0.136. The van der Waals surface area contributed by atoms with Gasteiger partial charge >= 0.3 is 0 Å². The topological polar surface area (TPSA) is 41.6 Å². The predicted octanol–water partition coefficient (Wildman–Crippen LogP) is 3.98. The Hall–Kier alpha value is -1.75. The number of carbonyl (C=O) groups is 1. The van der Waals surface area contributed by atoms with Crippen LogP contribution in [0.25, 0.3) is 0 Å². The number of hydrogen-bond donors (Lipinski definition) is 1. The first-order valence-electron chi connectivity index (χ1n) is 9.69. The van der Waals surface area contributed by atoms with E-state index in [2.05, 4.69) is 16.3 Å². The molecule has 4 nitrogen and oxygen atoms in total. The number of nitrogens with one attached hydrogen (secondary N) is 1. The van der Waals surface area contributed by atoms with Crippen LogP contribution in [0.4, 0.5) is 0 Å². The Morgan fingerprint density at radius 3 is 2.82 bits per heavy atom. The first-order valence-corrected chi connectivity index (χ1v) is 10.1. The number of fused-ring (bicyclic) bond motifs is 2. The molecule has 1 saturated heterocycles. The van der Waals surface area contributed by atoms with Gasteiger partial charge in [-0.05, 0) is 30.5 Å². The fourth-order valence-electron chi connectivity index (χ4n) is 4.88. The lowest BCUT2D eigenvalue weighted by Crippen LogP contribution is -2.50. The minimum Gasteiger partial charge on any atom is -0.493 e. The van der Waals surface area contributed by atoms with E-state index in [0.717, 1.165) is 48.8 Å². The van der Waals surface area contributed by atoms with E-state index >= 15 is 0 Å². The third-order valence-electron chi connectivity index (χ3n) is 6.39. The van der Waals surface area contributed by atoms with Crippen molar-refractivity contribution in [2.24, 2.45) is 5.92 Å². The maximum atomic E-state index is 13.6. The Morgan fingerprint density at radius 2 is 1.96 bits per heavy atom. The molecule has 1 amide bonds. The van der Waals surface area contributed by atoms with Gasteiger partial charge in [0.15, 0.2) is 0 Å². The zero-order valence-electron chi connectivity index (χ0n) is 15.6. The maximum absolute atomic E-state index is 13.6. The molecule has 2 heterocycles. The van der Waals surface area contributed by atoms with E-state index in [1.807, 2.05) is 42.5 Å². The number of halogens is 2. The van der Waals surface area contributed by atoms with Crippen molar-refractivity contribution >= 4 is 29.9 Å². The maximum Gasteiger partial charge on any atom is 0.227 e. The van der Waals surface area contributed by atoms with Crippen LogP contribution < -0.4 is 10.1 Å². The van der Waals surface area contributed by atoms with Crippen LogP contribution in [0.5, 0.6) is 5.75 Å². The van der Waals surface area contributed by atoms with E-state index in [1.165, 1.54) is 5.56 Å². The van der Waals surface area contributed by atoms with Gasteiger partial charge in [0.1, 0.15) is 5.75 Å². The van der Waals surface area contributed by atoms with Crippen molar-refractivity contribution in [3.05, 3.63) is 64.7 Å². The second-order valence-corrected chi connectivity index (χ2v) is 8.19. The largest absolute Gasteiger partial charge is 0.493 e. The molecule has 2 fully saturated rings. The summed E-state index contributed by atoms with van der Waals surface area (Å²) in [7, 11) is 0. The van der Waals surface area contributed by atoms with E-state index in [-0.39, 0.29) is 35.7 Å². The smallest absolute Gasteiger partial charge is 0.227 e. The molecule has 5 rings (SSSR count). The van der Waals surface area contributed by atoms with E-state index < -0.39 is 0 Å². The Kier molecular flexibility index (Phi) is 5.30. The van der Waals surface area contributed by atoms with Crippen LogP contribution in [0.1, 0.15) is 30.0 Å². The van der Waals surface area contributed by atoms with Crippen molar-refractivity contribution in [3.8, 4) is 5.75 Å². The second kappa shape index (κ2) is 7.58. The third-order valence-corrected chi connectivity index (χ3v) is 6.74. The van der Waals surface area contributed by atoms with Crippen LogP contribution in [0.15, 0.2) is 48.5 Å². The second-order valence-electron chi connectivity index (χ2n) is 7.78. The van der Waals surface area contributed by atoms with Gasteiger partial charge in [0.2, 0.25) is 5.91 Å². The number of ether oxygens (including phenoxy) is 1. The standard InChI is InChI=1S/C22H23ClN2O2.ClH/c23-18-7-3-1-5-15(18)19-14-24-10-11-25(19)21(26)17-13-22(17)9-12-27-20-8-4-2-6-16(20)22;/h1-8,17,19,24H,9-14H2;1H. The lowest BCUT2D eigenvalue weighted by Gasteiger charge is -2.38. The van der Waals surface area contributed by atoms with Crippen molar-refractivity contribution in [2.45, 2.75) is 24.3 Å². The van der Waals surface area contributed by atoms with Crippen molar-refractivity contribution in [1.82, 2.24) is 10.2 Å². The molecule has 3 atom stereocenters. The monoisotopic (exact) mass is 418 g/mol. The number of piperazine rings is 1. The number of hydrogen-bond acceptors (Lipinski definition) is 3. The van der Waals surface area contributed by atoms with Gasteiger partial charge < -0.3 is 15.0 Å². The summed E-state index contributed by atoms with van der Waals surface area (Å²) in [5.74, 6) is 1.26. The van der Waals surface area contributed by atoms with Crippen molar-refractivity contribution in [1.29, 1.82) is 0 Å². The molecule has 2 aromatic carbocycles. The molecule has 0 aromatic heterocycles. The molecular formula is C22H24Cl2N2O2. The number of amides is 1. The van der Waals surface area contributed by atoms with Gasteiger partial charge in [-0.2, -0.15) is 0 Å². The first-order chi connectivity index (χ1) is 13.2. The van der Waals surface area contributed by atoms with E-state index in [1.54, 1.807) is 0 Å². The first kappa shape index (κ1) is 19.6. The van der Waals surface area contributed by atoms with Gasteiger partial charge in [-0.15, -0.1) is 12.4 Å². The molecule has 148 valence electrons. The summed E-state index contributed by atoms with van der Waals surface area (Å²) in [5.41, 5.74) is 2.20. The number of carbonyl (C=O) groups excluding carboxylic acids is 1. The number of para-hydroxylation sites is 1. The average molecular weight is 419 g/mol. The summed E-state index contributed by atoms with van der Waals surface area (Å²) in [6, 6.07) is 16.1. The fraction of sp³-hybridized carbons (Fsp3) is 0.409. The van der Waals surface area contributed by atoms with E-state index in [9.17, 15) is 4.79 Å². The number of benzene rings is 2. The van der Waals surface area contributed by atoms with Gasteiger partial charge in [-0.1, -0.05) is 48.0 Å². The summed E-state index contributed by atoms with van der Waals surface area (Å²) in [5, 5.41) is 4.15. The van der Waals surface area contributed by atoms with Gasteiger partial charge in [0.05, 0.1) is 12.6 Å². The molecule has 6 heteroatoms. The van der Waals surface area contributed by atoms with Crippen molar-refractivity contribution in [3.63, 3.8) is 0 Å². The van der Waals surface area contributed by atoms with Gasteiger partial charge in [-0.25, -0.2) is 0 Å². The summed E-state index contributed by atoms with van der Waals surface area (Å²) < 4.78 is 5.83. The SMILES string of the molecule is Cl.O=C(C1CC12CCOc1ccccc12)N1CCNCC1c1ccccc1Cl.